The number of nitrogens with one attached hydrogen (secondary N) is 2. The molecule has 0 aliphatic heterocycles. The Balaban J connectivity index is 1.67. The topological polar surface area (TPSA) is 40.7 Å². The lowest BCUT2D eigenvalue weighted by Crippen LogP contribution is -2.17. The number of aromatic amines is 1. The molecular formula is C16H21N3. The summed E-state index contributed by atoms with van der Waals surface area (Å²) >= 11 is 0. The summed E-state index contributed by atoms with van der Waals surface area (Å²) in [4.78, 5) is 0. The zero-order chi connectivity index (χ0) is 13.3. The molecule has 2 N–H and O–H groups in total. The summed E-state index contributed by atoms with van der Waals surface area (Å²) in [7, 11) is 0. The summed E-state index contributed by atoms with van der Waals surface area (Å²) in [5.41, 5.74) is 3.95. The van der Waals surface area contributed by atoms with E-state index in [1.54, 1.807) is 6.20 Å². The number of rotatable bonds is 3. The van der Waals surface area contributed by atoms with Crippen molar-refractivity contribution in [2.75, 3.05) is 5.32 Å². The zero-order valence-corrected chi connectivity index (χ0v) is 11.6. The van der Waals surface area contributed by atoms with E-state index in [0.29, 0.717) is 11.5 Å². The first-order chi connectivity index (χ1) is 9.12. The maximum Gasteiger partial charge on any atom is 0.0650 e. The average Bonchev–Trinajstić information content (AvgIpc) is 3.00. The average molecular weight is 255 g/mol. The van der Waals surface area contributed by atoms with Crippen molar-refractivity contribution in [1.82, 2.24) is 10.2 Å². The number of nitrogens with zero attached hydrogens (tertiary/aromatic N) is 1. The molecule has 3 nitrogen and oxygen atoms in total. The molecule has 3 rings (SSSR count). The highest BCUT2D eigenvalue weighted by atomic mass is 15.1. The molecule has 0 spiro atoms. The Morgan fingerprint density at radius 2 is 2.00 bits per heavy atom. The molecule has 1 aromatic heterocycles. The summed E-state index contributed by atoms with van der Waals surface area (Å²) in [6, 6.07) is 11.2. The van der Waals surface area contributed by atoms with E-state index < -0.39 is 0 Å². The Labute approximate surface area is 114 Å². The third-order valence-electron chi connectivity index (χ3n) is 4.04. The van der Waals surface area contributed by atoms with E-state index in [-0.39, 0.29) is 0 Å². The molecule has 1 heterocycles. The van der Waals surface area contributed by atoms with Crippen molar-refractivity contribution in [2.24, 2.45) is 5.41 Å². The summed E-state index contributed by atoms with van der Waals surface area (Å²) in [5, 5.41) is 10.6. The SMILES string of the molecule is CC1(C)CCC(Nc2ccc(-c3ccn[nH]3)cc2)C1. The summed E-state index contributed by atoms with van der Waals surface area (Å²) in [6.07, 6.45) is 5.63. The summed E-state index contributed by atoms with van der Waals surface area (Å²) < 4.78 is 0. The lowest BCUT2D eigenvalue weighted by molar-refractivity contribution is 0.378. The van der Waals surface area contributed by atoms with E-state index in [2.05, 4.69) is 53.6 Å². The second kappa shape index (κ2) is 4.72. The number of benzene rings is 1. The maximum atomic E-state index is 3.98. The van der Waals surface area contributed by atoms with Crippen LogP contribution in [0.1, 0.15) is 33.1 Å². The van der Waals surface area contributed by atoms with Gasteiger partial charge in [0.1, 0.15) is 0 Å². The molecule has 2 aromatic rings. The highest BCUT2D eigenvalue weighted by molar-refractivity contribution is 5.62. The minimum Gasteiger partial charge on any atom is -0.382 e. The largest absolute Gasteiger partial charge is 0.382 e. The van der Waals surface area contributed by atoms with Crippen LogP contribution >= 0.6 is 0 Å². The van der Waals surface area contributed by atoms with Crippen LogP contribution in [0.4, 0.5) is 5.69 Å². The van der Waals surface area contributed by atoms with E-state index in [9.17, 15) is 0 Å². The van der Waals surface area contributed by atoms with E-state index in [0.717, 1.165) is 5.69 Å². The van der Waals surface area contributed by atoms with Crippen molar-refractivity contribution in [2.45, 2.75) is 39.2 Å². The van der Waals surface area contributed by atoms with Crippen molar-refractivity contribution >= 4 is 5.69 Å². The lowest BCUT2D eigenvalue weighted by atomic mass is 9.92. The van der Waals surface area contributed by atoms with Gasteiger partial charge in [-0.15, -0.1) is 0 Å². The monoisotopic (exact) mass is 255 g/mol. The smallest absolute Gasteiger partial charge is 0.0650 e. The first-order valence-electron chi connectivity index (χ1n) is 6.99. The molecule has 3 heteroatoms. The van der Waals surface area contributed by atoms with Gasteiger partial charge in [-0.25, -0.2) is 0 Å². The predicted octanol–water partition coefficient (Wildman–Crippen LogP) is 4.07. The third-order valence-corrected chi connectivity index (χ3v) is 4.04. The Hall–Kier alpha value is -1.77. The van der Waals surface area contributed by atoms with Crippen LogP contribution < -0.4 is 5.32 Å². The predicted molar refractivity (Wildman–Crippen MR) is 79.1 cm³/mol. The second-order valence-corrected chi connectivity index (χ2v) is 6.30. The van der Waals surface area contributed by atoms with E-state index in [1.165, 1.54) is 30.5 Å². The Morgan fingerprint density at radius 3 is 2.58 bits per heavy atom. The molecule has 1 aliphatic rings. The first-order valence-corrected chi connectivity index (χ1v) is 6.99. The maximum absolute atomic E-state index is 3.98. The van der Waals surface area contributed by atoms with Gasteiger partial charge in [-0.3, -0.25) is 5.10 Å². The highest BCUT2D eigenvalue weighted by Gasteiger charge is 2.30. The van der Waals surface area contributed by atoms with Crippen LogP contribution in [-0.2, 0) is 0 Å². The van der Waals surface area contributed by atoms with Gasteiger partial charge in [-0.1, -0.05) is 26.0 Å². The fraction of sp³-hybridized carbons (Fsp3) is 0.438. The third kappa shape index (κ3) is 2.80. The molecule has 0 radical (unpaired) electrons. The number of hydrogen-bond donors (Lipinski definition) is 2. The van der Waals surface area contributed by atoms with Crippen LogP contribution in [0.3, 0.4) is 0 Å². The van der Waals surface area contributed by atoms with Gasteiger partial charge in [-0.05, 0) is 48.4 Å². The van der Waals surface area contributed by atoms with Crippen molar-refractivity contribution in [1.29, 1.82) is 0 Å². The van der Waals surface area contributed by atoms with Crippen LogP contribution in [0, 0.1) is 5.41 Å². The molecule has 0 amide bonds. The minimum atomic E-state index is 0.494. The van der Waals surface area contributed by atoms with Gasteiger partial charge >= 0.3 is 0 Å². The number of H-pyrrole nitrogens is 1. The van der Waals surface area contributed by atoms with Crippen LogP contribution in [0.5, 0.6) is 0 Å². The Kier molecular flexibility index (Phi) is 3.05. The molecule has 0 bridgehead atoms. The van der Waals surface area contributed by atoms with Crippen LogP contribution in [-0.4, -0.2) is 16.2 Å². The van der Waals surface area contributed by atoms with Crippen molar-refractivity contribution < 1.29 is 0 Å². The fourth-order valence-electron chi connectivity index (χ4n) is 2.96. The molecule has 1 aromatic carbocycles. The lowest BCUT2D eigenvalue weighted by Gasteiger charge is -2.18. The first kappa shape index (κ1) is 12.3. The van der Waals surface area contributed by atoms with Crippen molar-refractivity contribution in [3.63, 3.8) is 0 Å². The fourth-order valence-corrected chi connectivity index (χ4v) is 2.96. The normalized spacial score (nSPS) is 21.5. The second-order valence-electron chi connectivity index (χ2n) is 6.30. The molecule has 1 saturated carbocycles. The van der Waals surface area contributed by atoms with Gasteiger partial charge in [0, 0.05) is 17.9 Å². The van der Waals surface area contributed by atoms with Gasteiger partial charge in [0.2, 0.25) is 0 Å². The van der Waals surface area contributed by atoms with Crippen LogP contribution in [0.25, 0.3) is 11.3 Å². The zero-order valence-electron chi connectivity index (χ0n) is 11.6. The Bertz CT molecular complexity index is 526. The van der Waals surface area contributed by atoms with Gasteiger partial charge in [-0.2, -0.15) is 5.10 Å². The number of hydrogen-bond acceptors (Lipinski definition) is 2. The van der Waals surface area contributed by atoms with E-state index in [1.807, 2.05) is 6.07 Å². The highest BCUT2D eigenvalue weighted by Crippen LogP contribution is 2.38. The van der Waals surface area contributed by atoms with E-state index in [4.69, 9.17) is 0 Å². The van der Waals surface area contributed by atoms with Crippen LogP contribution in [0.15, 0.2) is 36.5 Å². The van der Waals surface area contributed by atoms with Crippen molar-refractivity contribution in [3.8, 4) is 11.3 Å². The Morgan fingerprint density at radius 1 is 1.21 bits per heavy atom. The quantitative estimate of drug-likeness (QED) is 0.868. The molecule has 1 aliphatic carbocycles. The summed E-state index contributed by atoms with van der Waals surface area (Å²) in [5.74, 6) is 0. The molecule has 1 fully saturated rings. The molecular weight excluding hydrogens is 234 g/mol. The van der Waals surface area contributed by atoms with Gasteiger partial charge in [0.25, 0.3) is 0 Å². The molecule has 0 saturated heterocycles. The standard InChI is InChI=1S/C16H21N3/c1-16(2)9-7-14(11-16)18-13-5-3-12(4-6-13)15-8-10-17-19-15/h3-6,8,10,14,18H,7,9,11H2,1-2H3,(H,17,19). The van der Waals surface area contributed by atoms with Gasteiger partial charge in [0.05, 0.1) is 5.69 Å². The number of aromatic nitrogens is 2. The van der Waals surface area contributed by atoms with Crippen LogP contribution in [0.2, 0.25) is 0 Å². The van der Waals surface area contributed by atoms with Gasteiger partial charge < -0.3 is 5.32 Å². The van der Waals surface area contributed by atoms with E-state index >= 15 is 0 Å². The van der Waals surface area contributed by atoms with Gasteiger partial charge in [0.15, 0.2) is 0 Å². The molecule has 1 atom stereocenters. The molecule has 19 heavy (non-hydrogen) atoms. The molecule has 1 unspecified atom stereocenters. The molecule has 100 valence electrons. The minimum absolute atomic E-state index is 0.494. The summed E-state index contributed by atoms with van der Waals surface area (Å²) in [6.45, 7) is 4.71. The van der Waals surface area contributed by atoms with Crippen molar-refractivity contribution in [3.05, 3.63) is 36.5 Å². The number of anilines is 1.